The van der Waals surface area contributed by atoms with Crippen LogP contribution in [0.15, 0.2) is 59.4 Å². The number of rotatable bonds is 11. The lowest BCUT2D eigenvalue weighted by atomic mass is 10.1. The topological polar surface area (TPSA) is 90.1 Å². The number of hydrogen-bond acceptors (Lipinski definition) is 6. The predicted octanol–water partition coefficient (Wildman–Crippen LogP) is 6.20. The standard InChI is InChI=1S/C32H36N2O6/c1-7-38-28-16-23(17-29(39-8-2)30(28)40-9-3)32(36)34(27-13-10-20(4)14-21(27)5)19-24-15-22-11-12-25(37-6)18-26(22)33-31(24)35/h10-18H,7-9,19H2,1-6H3,(H,33,35). The number of carbonyl (C=O) groups excluding carboxylic acids is 1. The molecule has 0 bridgehead atoms. The second-order valence-corrected chi connectivity index (χ2v) is 9.36. The van der Waals surface area contributed by atoms with Crippen LogP contribution in [-0.4, -0.2) is 37.8 Å². The lowest BCUT2D eigenvalue weighted by Crippen LogP contribution is -2.33. The van der Waals surface area contributed by atoms with Crippen molar-refractivity contribution < 1.29 is 23.7 Å². The van der Waals surface area contributed by atoms with Crippen LogP contribution in [0.3, 0.4) is 0 Å². The van der Waals surface area contributed by atoms with Crippen molar-refractivity contribution in [3.8, 4) is 23.0 Å². The van der Waals surface area contributed by atoms with Crippen LogP contribution in [0.1, 0.15) is 47.8 Å². The van der Waals surface area contributed by atoms with Gasteiger partial charge in [0.2, 0.25) is 5.75 Å². The van der Waals surface area contributed by atoms with Crippen LogP contribution in [-0.2, 0) is 6.54 Å². The molecule has 3 aromatic carbocycles. The summed E-state index contributed by atoms with van der Waals surface area (Å²) in [6.45, 7) is 10.8. The summed E-state index contributed by atoms with van der Waals surface area (Å²) in [5.41, 5.74) is 3.88. The summed E-state index contributed by atoms with van der Waals surface area (Å²) in [6.07, 6.45) is 0. The monoisotopic (exact) mass is 544 g/mol. The molecular weight excluding hydrogens is 508 g/mol. The first kappa shape index (κ1) is 28.5. The number of carbonyl (C=O) groups is 1. The van der Waals surface area contributed by atoms with Gasteiger partial charge >= 0.3 is 0 Å². The maximum Gasteiger partial charge on any atom is 0.258 e. The highest BCUT2D eigenvalue weighted by Crippen LogP contribution is 2.40. The molecule has 1 heterocycles. The molecule has 0 unspecified atom stereocenters. The van der Waals surface area contributed by atoms with E-state index in [1.165, 1.54) is 0 Å². The van der Waals surface area contributed by atoms with Crippen LogP contribution in [0.4, 0.5) is 5.69 Å². The molecule has 0 spiro atoms. The van der Waals surface area contributed by atoms with Crippen LogP contribution < -0.4 is 29.4 Å². The molecule has 4 aromatic rings. The summed E-state index contributed by atoms with van der Waals surface area (Å²) in [5.74, 6) is 1.66. The zero-order chi connectivity index (χ0) is 28.8. The first-order valence-corrected chi connectivity index (χ1v) is 13.4. The number of pyridine rings is 1. The van der Waals surface area contributed by atoms with Crippen molar-refractivity contribution in [2.45, 2.75) is 41.2 Å². The molecule has 0 atom stereocenters. The molecule has 0 saturated carbocycles. The number of anilines is 1. The molecule has 8 heteroatoms. The Morgan fingerprint density at radius 3 is 2.12 bits per heavy atom. The van der Waals surface area contributed by atoms with Gasteiger partial charge in [0.05, 0.1) is 39.0 Å². The number of fused-ring (bicyclic) bond motifs is 1. The number of amides is 1. The normalized spacial score (nSPS) is 10.8. The lowest BCUT2D eigenvalue weighted by molar-refractivity contribution is 0.0983. The first-order chi connectivity index (χ1) is 19.3. The summed E-state index contributed by atoms with van der Waals surface area (Å²) in [7, 11) is 1.58. The largest absolute Gasteiger partial charge is 0.497 e. The summed E-state index contributed by atoms with van der Waals surface area (Å²) >= 11 is 0. The van der Waals surface area contributed by atoms with E-state index in [0.29, 0.717) is 65.1 Å². The second-order valence-electron chi connectivity index (χ2n) is 9.36. The Bertz CT molecular complexity index is 1550. The van der Waals surface area contributed by atoms with Crippen molar-refractivity contribution in [1.82, 2.24) is 4.98 Å². The SMILES string of the molecule is CCOc1cc(C(=O)N(Cc2cc3ccc(OC)cc3[nH]c2=O)c2ccc(C)cc2C)cc(OCC)c1OCC. The Kier molecular flexibility index (Phi) is 8.99. The van der Waals surface area contributed by atoms with Gasteiger partial charge in [-0.25, -0.2) is 0 Å². The van der Waals surface area contributed by atoms with Gasteiger partial charge in [-0.1, -0.05) is 17.7 Å². The Balaban J connectivity index is 1.85. The third-order valence-corrected chi connectivity index (χ3v) is 6.50. The minimum Gasteiger partial charge on any atom is -0.497 e. The van der Waals surface area contributed by atoms with E-state index in [2.05, 4.69) is 4.98 Å². The van der Waals surface area contributed by atoms with E-state index in [-0.39, 0.29) is 18.0 Å². The van der Waals surface area contributed by atoms with Crippen LogP contribution in [0.2, 0.25) is 0 Å². The van der Waals surface area contributed by atoms with Crippen LogP contribution >= 0.6 is 0 Å². The van der Waals surface area contributed by atoms with Crippen LogP contribution in [0.5, 0.6) is 23.0 Å². The number of benzene rings is 3. The van der Waals surface area contributed by atoms with Gasteiger partial charge in [-0.05, 0) is 82.0 Å². The van der Waals surface area contributed by atoms with Gasteiger partial charge in [-0.2, -0.15) is 0 Å². The van der Waals surface area contributed by atoms with Crippen molar-refractivity contribution >= 4 is 22.5 Å². The predicted molar refractivity (Wildman–Crippen MR) is 157 cm³/mol. The molecule has 0 aliphatic carbocycles. The number of hydrogen-bond donors (Lipinski definition) is 1. The summed E-state index contributed by atoms with van der Waals surface area (Å²) in [5, 5.41) is 0.835. The Hall–Kier alpha value is -4.46. The molecule has 8 nitrogen and oxygen atoms in total. The van der Waals surface area contributed by atoms with E-state index in [9.17, 15) is 9.59 Å². The third kappa shape index (κ3) is 6.06. The molecular formula is C32H36N2O6. The third-order valence-electron chi connectivity index (χ3n) is 6.50. The smallest absolute Gasteiger partial charge is 0.258 e. The number of nitrogens with zero attached hydrogens (tertiary/aromatic N) is 1. The van der Waals surface area contributed by atoms with Gasteiger partial charge in [0.25, 0.3) is 11.5 Å². The number of aromatic nitrogens is 1. The molecule has 40 heavy (non-hydrogen) atoms. The molecule has 1 amide bonds. The van der Waals surface area contributed by atoms with Gasteiger partial charge in [-0.3, -0.25) is 9.59 Å². The van der Waals surface area contributed by atoms with Crippen LogP contribution in [0.25, 0.3) is 10.9 Å². The molecule has 0 fully saturated rings. The molecule has 1 N–H and O–H groups in total. The summed E-state index contributed by atoms with van der Waals surface area (Å²) in [6, 6.07) is 16.5. The number of aromatic amines is 1. The Morgan fingerprint density at radius 1 is 0.850 bits per heavy atom. The van der Waals surface area contributed by atoms with Gasteiger partial charge in [0, 0.05) is 22.9 Å². The maximum absolute atomic E-state index is 14.3. The van der Waals surface area contributed by atoms with Gasteiger partial charge in [-0.15, -0.1) is 0 Å². The highest BCUT2D eigenvalue weighted by Gasteiger charge is 2.25. The van der Waals surface area contributed by atoms with Crippen molar-refractivity contribution in [3.63, 3.8) is 0 Å². The number of ether oxygens (including phenoxy) is 4. The minimum atomic E-state index is -0.300. The number of H-pyrrole nitrogens is 1. The molecule has 0 saturated heterocycles. The fourth-order valence-corrected chi connectivity index (χ4v) is 4.68. The van der Waals surface area contributed by atoms with E-state index in [1.54, 1.807) is 30.2 Å². The van der Waals surface area contributed by atoms with Crippen molar-refractivity contribution in [3.05, 3.63) is 87.2 Å². The van der Waals surface area contributed by atoms with Crippen molar-refractivity contribution in [1.29, 1.82) is 0 Å². The average molecular weight is 545 g/mol. The number of methoxy groups -OCH3 is 1. The van der Waals surface area contributed by atoms with Gasteiger partial charge in [0.15, 0.2) is 11.5 Å². The zero-order valence-corrected chi connectivity index (χ0v) is 23.9. The number of aryl methyl sites for hydroxylation is 2. The quantitative estimate of drug-likeness (QED) is 0.242. The summed E-state index contributed by atoms with van der Waals surface area (Å²) < 4.78 is 22.8. The highest BCUT2D eigenvalue weighted by atomic mass is 16.5. The summed E-state index contributed by atoms with van der Waals surface area (Å²) in [4.78, 5) is 32.0. The van der Waals surface area contributed by atoms with E-state index in [1.807, 2.05) is 71.0 Å². The molecule has 0 aliphatic heterocycles. The fraction of sp³-hybridized carbons (Fsp3) is 0.312. The molecule has 4 rings (SSSR count). The van der Waals surface area contributed by atoms with Crippen molar-refractivity contribution in [2.24, 2.45) is 0 Å². The lowest BCUT2D eigenvalue weighted by Gasteiger charge is -2.26. The van der Waals surface area contributed by atoms with E-state index in [4.69, 9.17) is 18.9 Å². The first-order valence-electron chi connectivity index (χ1n) is 13.4. The van der Waals surface area contributed by atoms with Gasteiger partial charge in [0.1, 0.15) is 5.75 Å². The average Bonchev–Trinajstić information content (AvgIpc) is 2.93. The highest BCUT2D eigenvalue weighted by molar-refractivity contribution is 6.07. The number of nitrogens with one attached hydrogen (secondary N) is 1. The molecule has 0 aliphatic rings. The Morgan fingerprint density at radius 2 is 1.52 bits per heavy atom. The zero-order valence-electron chi connectivity index (χ0n) is 23.9. The second kappa shape index (κ2) is 12.6. The molecule has 0 radical (unpaired) electrons. The molecule has 210 valence electrons. The fourth-order valence-electron chi connectivity index (χ4n) is 4.68. The van der Waals surface area contributed by atoms with Crippen LogP contribution in [0, 0.1) is 13.8 Å². The minimum absolute atomic E-state index is 0.0567. The van der Waals surface area contributed by atoms with Gasteiger partial charge < -0.3 is 28.8 Å². The van der Waals surface area contributed by atoms with Crippen molar-refractivity contribution in [2.75, 3.05) is 31.8 Å². The van der Waals surface area contributed by atoms with E-state index < -0.39 is 0 Å². The maximum atomic E-state index is 14.3. The molecule has 1 aromatic heterocycles. The van der Waals surface area contributed by atoms with E-state index in [0.717, 1.165) is 16.5 Å². The Labute approximate surface area is 234 Å². The van der Waals surface area contributed by atoms with E-state index >= 15 is 0 Å².